The lowest BCUT2D eigenvalue weighted by Crippen LogP contribution is -2.45. The number of allylic oxidation sites excluding steroid dienone is 2. The smallest absolute Gasteiger partial charge is 0.220 e. The van der Waals surface area contributed by atoms with Crippen molar-refractivity contribution in [3.8, 4) is 0 Å². The first kappa shape index (κ1) is 69.1. The Morgan fingerprint density at radius 1 is 0.329 bits per heavy atom. The normalized spacial score (nSPS) is 12.7. The number of hydrogen-bond acceptors (Lipinski definition) is 3. The molecule has 4 nitrogen and oxygen atoms in total. The maximum absolute atomic E-state index is 12.5. The lowest BCUT2D eigenvalue weighted by Gasteiger charge is -2.22. The van der Waals surface area contributed by atoms with E-state index in [0.717, 1.165) is 25.7 Å². The third-order valence-electron chi connectivity index (χ3n) is 15.8. The molecule has 0 saturated heterocycles. The van der Waals surface area contributed by atoms with E-state index in [-0.39, 0.29) is 12.5 Å². The summed E-state index contributed by atoms with van der Waals surface area (Å²) in [5.74, 6) is -0.0212. The van der Waals surface area contributed by atoms with Crippen molar-refractivity contribution in [3.63, 3.8) is 0 Å². The van der Waals surface area contributed by atoms with Crippen LogP contribution in [0.5, 0.6) is 0 Å². The van der Waals surface area contributed by atoms with Gasteiger partial charge >= 0.3 is 0 Å². The van der Waals surface area contributed by atoms with Crippen LogP contribution in [0, 0.1) is 0 Å². The molecule has 418 valence electrons. The van der Waals surface area contributed by atoms with Crippen molar-refractivity contribution in [2.75, 3.05) is 6.61 Å². The van der Waals surface area contributed by atoms with Gasteiger partial charge in [-0.2, -0.15) is 0 Å². The van der Waals surface area contributed by atoms with Gasteiger partial charge in [0, 0.05) is 6.42 Å². The topological polar surface area (TPSA) is 69.6 Å². The van der Waals surface area contributed by atoms with Gasteiger partial charge in [-0.05, 0) is 38.5 Å². The maximum atomic E-state index is 12.5. The van der Waals surface area contributed by atoms with Crippen LogP contribution in [-0.4, -0.2) is 34.9 Å². The van der Waals surface area contributed by atoms with E-state index in [9.17, 15) is 15.0 Å². The van der Waals surface area contributed by atoms with Crippen LogP contribution in [0.1, 0.15) is 386 Å². The number of aliphatic hydroxyl groups excluding tert-OH is 2. The summed E-state index contributed by atoms with van der Waals surface area (Å²) in [4.78, 5) is 12.5. The molecule has 0 rings (SSSR count). The van der Waals surface area contributed by atoms with Gasteiger partial charge in [-0.15, -0.1) is 0 Å². The summed E-state index contributed by atoms with van der Waals surface area (Å²) >= 11 is 0. The van der Waals surface area contributed by atoms with Crippen molar-refractivity contribution in [1.82, 2.24) is 5.32 Å². The van der Waals surface area contributed by atoms with Gasteiger partial charge < -0.3 is 15.5 Å². The number of aliphatic hydroxyl groups is 2. The number of amides is 1. The molecule has 0 spiro atoms. The number of hydrogen-bond donors (Lipinski definition) is 3. The maximum Gasteiger partial charge on any atom is 0.220 e. The molecule has 1 amide bonds. The predicted octanol–water partition coefficient (Wildman–Crippen LogP) is 22.0. The summed E-state index contributed by atoms with van der Waals surface area (Å²) in [7, 11) is 0. The third kappa shape index (κ3) is 58.0. The minimum Gasteiger partial charge on any atom is -0.394 e. The van der Waals surface area contributed by atoms with E-state index in [2.05, 4.69) is 31.3 Å². The van der Waals surface area contributed by atoms with E-state index < -0.39 is 12.1 Å². The fourth-order valence-electron chi connectivity index (χ4n) is 10.8. The predicted molar refractivity (Wildman–Crippen MR) is 313 cm³/mol. The highest BCUT2D eigenvalue weighted by atomic mass is 16.3. The molecule has 2 unspecified atom stereocenters. The lowest BCUT2D eigenvalue weighted by molar-refractivity contribution is -0.123. The first-order valence-electron chi connectivity index (χ1n) is 32.9. The SMILES string of the molecule is CCCCCCCCCC/C=C\CCCCCCCCCCCCCCCCCCCCCCCCCC(=O)NC(CO)C(O)CCCCCCCCCCCCCCCCCCCCCCCCC. The van der Waals surface area contributed by atoms with E-state index in [4.69, 9.17) is 0 Å². The van der Waals surface area contributed by atoms with E-state index in [1.165, 1.54) is 334 Å². The highest BCUT2D eigenvalue weighted by molar-refractivity contribution is 5.76. The van der Waals surface area contributed by atoms with Crippen molar-refractivity contribution in [1.29, 1.82) is 0 Å². The Hall–Kier alpha value is -0.870. The molecular weight excluding hydrogens is 855 g/mol. The number of carbonyl (C=O) groups excluding carboxylic acids is 1. The summed E-state index contributed by atoms with van der Waals surface area (Å²) in [6, 6.07) is -0.533. The quantitative estimate of drug-likeness (QED) is 0.0420. The molecule has 0 aromatic rings. The number of unbranched alkanes of at least 4 members (excludes halogenated alkanes) is 53. The molecule has 0 bridgehead atoms. The molecule has 0 aromatic carbocycles. The minimum absolute atomic E-state index is 0.0212. The zero-order valence-electron chi connectivity index (χ0n) is 48.3. The molecule has 0 radical (unpaired) electrons. The van der Waals surface area contributed by atoms with Crippen molar-refractivity contribution in [2.24, 2.45) is 0 Å². The van der Waals surface area contributed by atoms with Crippen LogP contribution in [0.15, 0.2) is 12.2 Å². The van der Waals surface area contributed by atoms with Crippen LogP contribution >= 0.6 is 0 Å². The summed E-state index contributed by atoms with van der Waals surface area (Å²) < 4.78 is 0. The van der Waals surface area contributed by atoms with Crippen LogP contribution < -0.4 is 5.32 Å². The molecule has 3 N–H and O–H groups in total. The fraction of sp³-hybridized carbons (Fsp3) is 0.955. The Labute approximate surface area is 441 Å². The second-order valence-corrected chi connectivity index (χ2v) is 22.9. The second kappa shape index (κ2) is 62.4. The molecule has 0 aliphatic heterocycles. The largest absolute Gasteiger partial charge is 0.394 e. The number of nitrogens with one attached hydrogen (secondary N) is 1. The Morgan fingerprint density at radius 3 is 0.786 bits per heavy atom. The molecular formula is C66H131NO3. The lowest BCUT2D eigenvalue weighted by atomic mass is 10.0. The van der Waals surface area contributed by atoms with Crippen LogP contribution in [-0.2, 0) is 4.79 Å². The van der Waals surface area contributed by atoms with Crippen LogP contribution in [0.4, 0.5) is 0 Å². The van der Waals surface area contributed by atoms with Gasteiger partial charge in [-0.25, -0.2) is 0 Å². The molecule has 0 fully saturated rings. The summed E-state index contributed by atoms with van der Waals surface area (Å²) in [5, 5.41) is 23.4. The van der Waals surface area contributed by atoms with Crippen LogP contribution in [0.3, 0.4) is 0 Å². The van der Waals surface area contributed by atoms with Gasteiger partial charge in [0.15, 0.2) is 0 Å². The fourth-order valence-corrected chi connectivity index (χ4v) is 10.8. The van der Waals surface area contributed by atoms with Gasteiger partial charge in [0.05, 0.1) is 18.8 Å². The highest BCUT2D eigenvalue weighted by Crippen LogP contribution is 2.19. The molecule has 4 heteroatoms. The van der Waals surface area contributed by atoms with Gasteiger partial charge in [0.1, 0.15) is 0 Å². The monoisotopic (exact) mass is 986 g/mol. The molecule has 0 heterocycles. The average Bonchev–Trinajstić information content (AvgIpc) is 3.36. The highest BCUT2D eigenvalue weighted by Gasteiger charge is 2.20. The summed E-state index contributed by atoms with van der Waals surface area (Å²) in [6.07, 6.45) is 82.5. The van der Waals surface area contributed by atoms with Gasteiger partial charge in [0.25, 0.3) is 0 Å². The Morgan fingerprint density at radius 2 is 0.543 bits per heavy atom. The van der Waals surface area contributed by atoms with E-state index >= 15 is 0 Å². The van der Waals surface area contributed by atoms with Crippen molar-refractivity contribution < 1.29 is 15.0 Å². The van der Waals surface area contributed by atoms with Gasteiger partial charge in [0.2, 0.25) is 5.91 Å². The Balaban J connectivity index is 3.37. The second-order valence-electron chi connectivity index (χ2n) is 22.9. The Kier molecular flexibility index (Phi) is 61.6. The molecule has 0 aliphatic carbocycles. The summed E-state index contributed by atoms with van der Waals surface area (Å²) in [6.45, 7) is 4.41. The molecule has 0 aliphatic rings. The molecule has 0 saturated carbocycles. The zero-order valence-corrected chi connectivity index (χ0v) is 48.3. The third-order valence-corrected chi connectivity index (χ3v) is 15.8. The standard InChI is InChI=1S/C66H131NO3/c1-3-5-7-9-11-13-15-17-19-21-23-25-27-28-29-30-31-32-33-34-35-36-37-38-40-42-44-46-48-50-52-54-56-58-60-62-66(70)67-64(63-68)65(69)61-59-57-55-53-51-49-47-45-43-41-39-26-24-22-20-18-16-14-12-10-8-6-4-2/h21,23,64-65,68-69H,3-20,22,24-63H2,1-2H3,(H,67,70)/b23-21-. The van der Waals surface area contributed by atoms with Crippen molar-refractivity contribution in [2.45, 2.75) is 398 Å². The van der Waals surface area contributed by atoms with Gasteiger partial charge in [-0.1, -0.05) is 353 Å². The number of carbonyl (C=O) groups is 1. The minimum atomic E-state index is -0.657. The van der Waals surface area contributed by atoms with E-state index in [1.807, 2.05) is 0 Å². The van der Waals surface area contributed by atoms with Crippen LogP contribution in [0.25, 0.3) is 0 Å². The first-order valence-corrected chi connectivity index (χ1v) is 32.9. The van der Waals surface area contributed by atoms with Gasteiger partial charge in [-0.3, -0.25) is 4.79 Å². The summed E-state index contributed by atoms with van der Waals surface area (Å²) in [5.41, 5.74) is 0. The zero-order chi connectivity index (χ0) is 50.6. The average molecular weight is 987 g/mol. The molecule has 70 heavy (non-hydrogen) atoms. The Bertz CT molecular complexity index is 982. The van der Waals surface area contributed by atoms with Crippen molar-refractivity contribution >= 4 is 5.91 Å². The van der Waals surface area contributed by atoms with Crippen molar-refractivity contribution in [3.05, 3.63) is 12.2 Å². The first-order chi connectivity index (χ1) is 34.7. The number of rotatable bonds is 62. The van der Waals surface area contributed by atoms with Crippen LogP contribution in [0.2, 0.25) is 0 Å². The van der Waals surface area contributed by atoms with E-state index in [1.54, 1.807) is 0 Å². The molecule has 0 aromatic heterocycles. The van der Waals surface area contributed by atoms with E-state index in [0.29, 0.717) is 12.8 Å². The molecule has 2 atom stereocenters.